The van der Waals surface area contributed by atoms with Crippen molar-refractivity contribution >= 4 is 11.7 Å². The number of carbonyl (C=O) groups is 1. The van der Waals surface area contributed by atoms with Crippen LogP contribution in [0, 0.1) is 5.92 Å². The minimum absolute atomic E-state index is 0.273. The van der Waals surface area contributed by atoms with Gasteiger partial charge in [-0.3, -0.25) is 4.79 Å². The van der Waals surface area contributed by atoms with E-state index in [9.17, 15) is 4.79 Å². The van der Waals surface area contributed by atoms with Crippen LogP contribution in [0.3, 0.4) is 0 Å². The highest BCUT2D eigenvalue weighted by atomic mass is 16.4. The number of hydrogen-bond donors (Lipinski definition) is 1. The Labute approximate surface area is 102 Å². The Morgan fingerprint density at radius 3 is 2.88 bits per heavy atom. The molecule has 0 spiro atoms. The molecule has 0 saturated carbocycles. The van der Waals surface area contributed by atoms with Crippen LogP contribution in [0.1, 0.15) is 31.7 Å². The molecule has 0 radical (unpaired) electrons. The van der Waals surface area contributed by atoms with Crippen LogP contribution >= 0.6 is 0 Å². The number of likely N-dealkylation sites (N-methyl/N-ethyl adjacent to an activating group) is 1. The fourth-order valence-electron chi connectivity index (χ4n) is 2.61. The summed E-state index contributed by atoms with van der Waals surface area (Å²) < 4.78 is 0. The zero-order valence-electron chi connectivity index (χ0n) is 10.4. The van der Waals surface area contributed by atoms with Gasteiger partial charge < -0.3 is 10.0 Å². The highest BCUT2D eigenvalue weighted by Crippen LogP contribution is 2.39. The Morgan fingerprint density at radius 1 is 1.53 bits per heavy atom. The molecule has 1 heterocycles. The third-order valence-corrected chi connectivity index (χ3v) is 3.60. The number of carboxylic acids is 1. The predicted molar refractivity (Wildman–Crippen MR) is 68.5 cm³/mol. The van der Waals surface area contributed by atoms with E-state index in [1.165, 1.54) is 11.3 Å². The molecule has 1 aliphatic heterocycles. The van der Waals surface area contributed by atoms with E-state index in [0.29, 0.717) is 5.92 Å². The molecule has 17 heavy (non-hydrogen) atoms. The lowest BCUT2D eigenvalue weighted by Crippen LogP contribution is -2.22. The molecule has 2 atom stereocenters. The molecular weight excluding hydrogens is 214 g/mol. The fraction of sp³-hybridized carbons (Fsp3) is 0.500. The summed E-state index contributed by atoms with van der Waals surface area (Å²) in [5, 5.41) is 9.00. The fourth-order valence-corrected chi connectivity index (χ4v) is 2.61. The van der Waals surface area contributed by atoms with Crippen molar-refractivity contribution in [2.24, 2.45) is 5.92 Å². The Hall–Kier alpha value is -1.51. The second-order valence-electron chi connectivity index (χ2n) is 4.77. The highest BCUT2D eigenvalue weighted by Gasteiger charge is 2.29. The average Bonchev–Trinajstić information content (AvgIpc) is 2.68. The summed E-state index contributed by atoms with van der Waals surface area (Å²) in [7, 11) is 0. The first kappa shape index (κ1) is 12.0. The van der Waals surface area contributed by atoms with E-state index in [1.54, 1.807) is 6.92 Å². The number of hydrogen-bond acceptors (Lipinski definition) is 2. The van der Waals surface area contributed by atoms with Gasteiger partial charge in [-0.25, -0.2) is 0 Å². The van der Waals surface area contributed by atoms with Gasteiger partial charge in [-0.2, -0.15) is 0 Å². The molecule has 3 heteroatoms. The maximum absolute atomic E-state index is 10.9. The molecule has 3 nitrogen and oxygen atoms in total. The van der Waals surface area contributed by atoms with Gasteiger partial charge in [-0.05, 0) is 25.0 Å². The lowest BCUT2D eigenvalue weighted by Gasteiger charge is -2.17. The van der Waals surface area contributed by atoms with E-state index in [-0.39, 0.29) is 5.92 Å². The maximum Gasteiger partial charge on any atom is 0.306 e. The van der Waals surface area contributed by atoms with Gasteiger partial charge in [0.15, 0.2) is 0 Å². The summed E-state index contributed by atoms with van der Waals surface area (Å²) in [6, 6.07) is 8.34. The Balaban J connectivity index is 2.19. The van der Waals surface area contributed by atoms with Crippen LogP contribution in [-0.2, 0) is 4.79 Å². The van der Waals surface area contributed by atoms with Gasteiger partial charge in [0, 0.05) is 24.7 Å². The molecule has 2 rings (SSSR count). The molecule has 0 saturated heterocycles. The lowest BCUT2D eigenvalue weighted by atomic mass is 9.91. The standard InChI is InChI=1S/C14H19NO2/c1-3-15-9-11(8-10(2)14(16)17)12-6-4-5-7-13(12)15/h4-7,10-11H,3,8-9H2,1-2H3,(H,16,17). The second kappa shape index (κ2) is 4.78. The number of rotatable bonds is 4. The monoisotopic (exact) mass is 233 g/mol. The van der Waals surface area contributed by atoms with E-state index < -0.39 is 5.97 Å². The molecule has 0 bridgehead atoms. The minimum atomic E-state index is -0.697. The summed E-state index contributed by atoms with van der Waals surface area (Å²) in [5.41, 5.74) is 2.58. The van der Waals surface area contributed by atoms with Gasteiger partial charge in [0.2, 0.25) is 0 Å². The van der Waals surface area contributed by atoms with E-state index >= 15 is 0 Å². The third-order valence-electron chi connectivity index (χ3n) is 3.60. The molecule has 0 fully saturated rings. The number of benzene rings is 1. The van der Waals surface area contributed by atoms with Gasteiger partial charge in [-0.15, -0.1) is 0 Å². The maximum atomic E-state index is 10.9. The van der Waals surface area contributed by atoms with Crippen molar-refractivity contribution in [2.75, 3.05) is 18.0 Å². The molecule has 1 aromatic rings. The van der Waals surface area contributed by atoms with Gasteiger partial charge in [-0.1, -0.05) is 25.1 Å². The minimum Gasteiger partial charge on any atom is -0.481 e. The van der Waals surface area contributed by atoms with Crippen LogP contribution in [-0.4, -0.2) is 24.2 Å². The number of fused-ring (bicyclic) bond motifs is 1. The van der Waals surface area contributed by atoms with Crippen LogP contribution in [0.15, 0.2) is 24.3 Å². The first-order valence-electron chi connectivity index (χ1n) is 6.20. The Morgan fingerprint density at radius 2 is 2.24 bits per heavy atom. The van der Waals surface area contributed by atoms with E-state index in [0.717, 1.165) is 19.5 Å². The van der Waals surface area contributed by atoms with Gasteiger partial charge in [0.25, 0.3) is 0 Å². The van der Waals surface area contributed by atoms with Gasteiger partial charge in [0.05, 0.1) is 5.92 Å². The smallest absolute Gasteiger partial charge is 0.306 e. The van der Waals surface area contributed by atoms with Crippen LogP contribution in [0.2, 0.25) is 0 Å². The lowest BCUT2D eigenvalue weighted by molar-refractivity contribution is -0.141. The van der Waals surface area contributed by atoms with Crippen molar-refractivity contribution in [2.45, 2.75) is 26.2 Å². The van der Waals surface area contributed by atoms with E-state index in [2.05, 4.69) is 24.0 Å². The molecular formula is C14H19NO2. The largest absolute Gasteiger partial charge is 0.481 e. The first-order chi connectivity index (χ1) is 8.13. The van der Waals surface area contributed by atoms with Crippen molar-refractivity contribution in [1.29, 1.82) is 0 Å². The van der Waals surface area contributed by atoms with E-state index in [4.69, 9.17) is 5.11 Å². The topological polar surface area (TPSA) is 40.5 Å². The van der Waals surface area contributed by atoms with Gasteiger partial charge in [0.1, 0.15) is 0 Å². The molecule has 1 N–H and O–H groups in total. The number of anilines is 1. The van der Waals surface area contributed by atoms with Crippen molar-refractivity contribution < 1.29 is 9.90 Å². The van der Waals surface area contributed by atoms with Crippen LogP contribution in [0.25, 0.3) is 0 Å². The molecule has 0 amide bonds. The van der Waals surface area contributed by atoms with Crippen molar-refractivity contribution in [3.63, 3.8) is 0 Å². The summed E-state index contributed by atoms with van der Waals surface area (Å²) in [4.78, 5) is 13.3. The SMILES string of the molecule is CCN1CC(CC(C)C(=O)O)c2ccccc21. The first-order valence-corrected chi connectivity index (χ1v) is 6.20. The zero-order chi connectivity index (χ0) is 12.4. The van der Waals surface area contributed by atoms with Crippen molar-refractivity contribution in [1.82, 2.24) is 0 Å². The molecule has 0 aromatic heterocycles. The van der Waals surface area contributed by atoms with Crippen molar-refractivity contribution in [3.05, 3.63) is 29.8 Å². The third kappa shape index (κ3) is 2.28. The van der Waals surface area contributed by atoms with Gasteiger partial charge >= 0.3 is 5.97 Å². The van der Waals surface area contributed by atoms with Crippen molar-refractivity contribution in [3.8, 4) is 0 Å². The molecule has 1 aromatic carbocycles. The van der Waals surface area contributed by atoms with Crippen LogP contribution in [0.4, 0.5) is 5.69 Å². The normalized spacial score (nSPS) is 20.1. The van der Waals surface area contributed by atoms with Crippen LogP contribution in [0.5, 0.6) is 0 Å². The number of carboxylic acid groups (broad SMARTS) is 1. The quantitative estimate of drug-likeness (QED) is 0.869. The molecule has 2 unspecified atom stereocenters. The summed E-state index contributed by atoms with van der Waals surface area (Å²) in [6.07, 6.45) is 0.725. The predicted octanol–water partition coefficient (Wildman–Crippen LogP) is 2.72. The Kier molecular flexibility index (Phi) is 3.36. The second-order valence-corrected chi connectivity index (χ2v) is 4.77. The highest BCUT2D eigenvalue weighted by molar-refractivity contribution is 5.70. The van der Waals surface area contributed by atoms with E-state index in [1.807, 2.05) is 12.1 Å². The molecule has 0 aliphatic carbocycles. The number of para-hydroxylation sites is 1. The average molecular weight is 233 g/mol. The van der Waals surface area contributed by atoms with Crippen LogP contribution < -0.4 is 4.90 Å². The molecule has 1 aliphatic rings. The summed E-state index contributed by atoms with van der Waals surface area (Å²) >= 11 is 0. The summed E-state index contributed by atoms with van der Waals surface area (Å²) in [5.74, 6) is -0.612. The zero-order valence-corrected chi connectivity index (χ0v) is 10.4. The number of nitrogens with zero attached hydrogens (tertiary/aromatic N) is 1. The number of aliphatic carboxylic acids is 1. The Bertz CT molecular complexity index is 416. The molecule has 92 valence electrons. The summed E-state index contributed by atoms with van der Waals surface area (Å²) in [6.45, 7) is 5.86.